The molecule has 7 nitrogen and oxygen atoms in total. The van der Waals surface area contributed by atoms with E-state index in [1.165, 1.54) is 6.33 Å². The van der Waals surface area contributed by atoms with Crippen LogP contribution in [0.15, 0.2) is 6.33 Å². The maximum Gasteiger partial charge on any atom is 0.224 e. The van der Waals surface area contributed by atoms with Crippen LogP contribution in [0.1, 0.15) is 25.3 Å². The number of piperidine rings is 1. The van der Waals surface area contributed by atoms with Crippen LogP contribution in [0, 0.1) is 0 Å². The number of aromatic nitrogens is 2. The summed E-state index contributed by atoms with van der Waals surface area (Å²) in [6.45, 7) is 3.79. The molecule has 0 spiro atoms. The van der Waals surface area contributed by atoms with Crippen LogP contribution >= 0.6 is 0 Å². The lowest BCUT2D eigenvalue weighted by atomic mass is 10.0. The van der Waals surface area contributed by atoms with Gasteiger partial charge in [-0.3, -0.25) is 4.79 Å². The zero-order chi connectivity index (χ0) is 15.2. The summed E-state index contributed by atoms with van der Waals surface area (Å²) in [5, 5.41) is 3.47. The van der Waals surface area contributed by atoms with Gasteiger partial charge in [0.2, 0.25) is 17.7 Å². The Morgan fingerprint density at radius 1 is 1.29 bits per heavy atom. The Morgan fingerprint density at radius 3 is 2.33 bits per heavy atom. The van der Waals surface area contributed by atoms with Crippen LogP contribution in [-0.2, 0) is 11.3 Å². The summed E-state index contributed by atoms with van der Waals surface area (Å²) < 4.78 is 10.5. The molecule has 1 amide bonds. The lowest BCUT2D eigenvalue weighted by molar-refractivity contribution is -0.129. The molecule has 0 radical (unpaired) electrons. The number of hydrogen-bond acceptors (Lipinski definition) is 6. The molecular formula is C14H22N4O3. The summed E-state index contributed by atoms with van der Waals surface area (Å²) in [5.74, 6) is 1.19. The number of ether oxygens (including phenoxy) is 2. The van der Waals surface area contributed by atoms with E-state index in [1.54, 1.807) is 21.1 Å². The minimum atomic E-state index is 0.147. The van der Waals surface area contributed by atoms with E-state index >= 15 is 0 Å². The lowest BCUT2D eigenvalue weighted by Crippen LogP contribution is -2.44. The van der Waals surface area contributed by atoms with Crippen molar-refractivity contribution in [1.29, 1.82) is 0 Å². The first-order chi connectivity index (χ1) is 10.2. The number of nitrogens with one attached hydrogen (secondary N) is 1. The average Bonchev–Trinajstić information content (AvgIpc) is 2.52. The van der Waals surface area contributed by atoms with Crippen LogP contribution in [0.25, 0.3) is 0 Å². The molecule has 0 saturated carbocycles. The molecule has 1 N–H and O–H groups in total. The summed E-state index contributed by atoms with van der Waals surface area (Å²) in [6, 6.07) is 0.371. The SMILES string of the molecule is COc1ncnc(OC)c1CNC1CCN(C(C)=O)CC1. The summed E-state index contributed by atoms with van der Waals surface area (Å²) in [7, 11) is 3.16. The summed E-state index contributed by atoms with van der Waals surface area (Å²) in [6.07, 6.45) is 3.31. The number of nitrogens with zero attached hydrogens (tertiary/aromatic N) is 3. The Balaban J connectivity index is 1.93. The molecule has 1 fully saturated rings. The van der Waals surface area contributed by atoms with Gasteiger partial charge in [-0.1, -0.05) is 0 Å². The average molecular weight is 294 g/mol. The Labute approximate surface area is 124 Å². The molecular weight excluding hydrogens is 272 g/mol. The van der Waals surface area contributed by atoms with Gasteiger partial charge in [0.1, 0.15) is 6.33 Å². The van der Waals surface area contributed by atoms with E-state index in [0.717, 1.165) is 31.5 Å². The number of rotatable bonds is 5. The van der Waals surface area contributed by atoms with Gasteiger partial charge < -0.3 is 19.7 Å². The van der Waals surface area contributed by atoms with Gasteiger partial charge in [-0.2, -0.15) is 0 Å². The number of amides is 1. The van der Waals surface area contributed by atoms with Gasteiger partial charge in [0, 0.05) is 32.6 Å². The van der Waals surface area contributed by atoms with Gasteiger partial charge in [-0.15, -0.1) is 0 Å². The molecule has 116 valence electrons. The third-order valence-electron chi connectivity index (χ3n) is 3.76. The molecule has 0 aliphatic carbocycles. The van der Waals surface area contributed by atoms with Crippen molar-refractivity contribution in [3.63, 3.8) is 0 Å². The highest BCUT2D eigenvalue weighted by Gasteiger charge is 2.21. The van der Waals surface area contributed by atoms with Crippen molar-refractivity contribution in [2.45, 2.75) is 32.4 Å². The molecule has 2 heterocycles. The van der Waals surface area contributed by atoms with E-state index in [2.05, 4.69) is 15.3 Å². The first-order valence-corrected chi connectivity index (χ1v) is 7.06. The topological polar surface area (TPSA) is 76.6 Å². The molecule has 1 saturated heterocycles. The highest BCUT2D eigenvalue weighted by Crippen LogP contribution is 2.23. The fraction of sp³-hybridized carbons (Fsp3) is 0.643. The molecule has 0 bridgehead atoms. The minimum absolute atomic E-state index is 0.147. The molecule has 1 aromatic rings. The number of carbonyl (C=O) groups is 1. The van der Waals surface area contributed by atoms with Gasteiger partial charge >= 0.3 is 0 Å². The van der Waals surface area contributed by atoms with Crippen molar-refractivity contribution >= 4 is 5.91 Å². The molecule has 2 rings (SSSR count). The predicted octanol–water partition coefficient (Wildman–Crippen LogP) is 0.594. The second-order valence-electron chi connectivity index (χ2n) is 5.03. The first kappa shape index (κ1) is 15.5. The summed E-state index contributed by atoms with van der Waals surface area (Å²) in [4.78, 5) is 21.4. The first-order valence-electron chi connectivity index (χ1n) is 7.06. The van der Waals surface area contributed by atoms with Crippen LogP contribution in [0.3, 0.4) is 0 Å². The normalized spacial score (nSPS) is 15.9. The summed E-state index contributed by atoms with van der Waals surface area (Å²) >= 11 is 0. The van der Waals surface area contributed by atoms with Crippen molar-refractivity contribution in [2.75, 3.05) is 27.3 Å². The van der Waals surface area contributed by atoms with Gasteiger partial charge in [-0.25, -0.2) is 9.97 Å². The van der Waals surface area contributed by atoms with E-state index < -0.39 is 0 Å². The van der Waals surface area contributed by atoms with Crippen molar-refractivity contribution in [3.05, 3.63) is 11.9 Å². The van der Waals surface area contributed by atoms with Crippen LogP contribution in [0.5, 0.6) is 11.8 Å². The Bertz CT molecular complexity index is 465. The van der Waals surface area contributed by atoms with Crippen LogP contribution in [0.4, 0.5) is 0 Å². The number of carbonyl (C=O) groups excluding carboxylic acids is 1. The fourth-order valence-electron chi connectivity index (χ4n) is 2.53. The van der Waals surface area contributed by atoms with E-state index in [4.69, 9.17) is 9.47 Å². The largest absolute Gasteiger partial charge is 0.481 e. The van der Waals surface area contributed by atoms with Gasteiger partial charge in [0.15, 0.2) is 0 Å². The predicted molar refractivity (Wildman–Crippen MR) is 77.3 cm³/mol. The Morgan fingerprint density at radius 2 is 1.86 bits per heavy atom. The molecule has 1 aliphatic heterocycles. The van der Waals surface area contributed by atoms with Crippen LogP contribution in [-0.4, -0.2) is 54.1 Å². The van der Waals surface area contributed by atoms with Gasteiger partial charge in [0.25, 0.3) is 0 Å². The fourth-order valence-corrected chi connectivity index (χ4v) is 2.53. The van der Waals surface area contributed by atoms with Gasteiger partial charge in [0.05, 0.1) is 19.8 Å². The van der Waals surface area contributed by atoms with E-state index in [1.807, 2.05) is 4.90 Å². The quantitative estimate of drug-likeness (QED) is 0.857. The third-order valence-corrected chi connectivity index (χ3v) is 3.76. The van der Waals surface area contributed by atoms with Crippen molar-refractivity contribution in [1.82, 2.24) is 20.2 Å². The van der Waals surface area contributed by atoms with E-state index in [9.17, 15) is 4.79 Å². The molecule has 0 atom stereocenters. The molecule has 0 aromatic carbocycles. The molecule has 1 aromatic heterocycles. The van der Waals surface area contributed by atoms with Crippen LogP contribution in [0.2, 0.25) is 0 Å². The molecule has 0 unspecified atom stereocenters. The summed E-state index contributed by atoms with van der Waals surface area (Å²) in [5.41, 5.74) is 0.816. The zero-order valence-corrected chi connectivity index (χ0v) is 12.8. The van der Waals surface area contributed by atoms with Crippen LogP contribution < -0.4 is 14.8 Å². The van der Waals surface area contributed by atoms with Crippen molar-refractivity contribution in [3.8, 4) is 11.8 Å². The number of methoxy groups -OCH3 is 2. The number of hydrogen-bond donors (Lipinski definition) is 1. The van der Waals surface area contributed by atoms with Crippen molar-refractivity contribution < 1.29 is 14.3 Å². The third kappa shape index (κ3) is 3.81. The van der Waals surface area contributed by atoms with Crippen molar-refractivity contribution in [2.24, 2.45) is 0 Å². The maximum absolute atomic E-state index is 11.3. The van der Waals surface area contributed by atoms with E-state index in [0.29, 0.717) is 24.3 Å². The maximum atomic E-state index is 11.3. The smallest absolute Gasteiger partial charge is 0.224 e. The van der Waals surface area contributed by atoms with Gasteiger partial charge in [-0.05, 0) is 12.8 Å². The monoisotopic (exact) mass is 294 g/mol. The van der Waals surface area contributed by atoms with E-state index in [-0.39, 0.29) is 5.91 Å². The lowest BCUT2D eigenvalue weighted by Gasteiger charge is -2.31. The molecule has 21 heavy (non-hydrogen) atoms. The molecule has 7 heteroatoms. The Hall–Kier alpha value is -1.89. The minimum Gasteiger partial charge on any atom is -0.481 e. The number of likely N-dealkylation sites (tertiary alicyclic amines) is 1. The molecule has 1 aliphatic rings. The second-order valence-corrected chi connectivity index (χ2v) is 5.03. The Kier molecular flexibility index (Phi) is 5.32. The standard InChI is InChI=1S/C14H22N4O3/c1-10(19)18-6-4-11(5-7-18)15-8-12-13(20-2)16-9-17-14(12)21-3/h9,11,15H,4-8H2,1-3H3. The highest BCUT2D eigenvalue weighted by atomic mass is 16.5. The highest BCUT2D eigenvalue weighted by molar-refractivity contribution is 5.73. The zero-order valence-electron chi connectivity index (χ0n) is 12.8. The second kappa shape index (κ2) is 7.21.